The monoisotopic (exact) mass is 287 g/mol. The van der Waals surface area contributed by atoms with Crippen molar-refractivity contribution < 1.29 is 13.6 Å². The molecule has 2 rings (SSSR count). The molecule has 1 amide bonds. The average Bonchev–Trinajstić information content (AvgIpc) is 2.49. The number of halogens is 2. The summed E-state index contributed by atoms with van der Waals surface area (Å²) >= 11 is 0. The molecule has 1 aromatic carbocycles. The van der Waals surface area contributed by atoms with Crippen LogP contribution < -0.4 is 0 Å². The maximum absolute atomic E-state index is 13.7. The molecule has 0 unspecified atom stereocenters. The van der Waals surface area contributed by atoms with Crippen molar-refractivity contribution in [3.05, 3.63) is 65.0 Å². The van der Waals surface area contributed by atoms with Crippen molar-refractivity contribution in [3.8, 4) is 6.07 Å². The van der Waals surface area contributed by atoms with Crippen molar-refractivity contribution in [2.24, 2.45) is 0 Å². The van der Waals surface area contributed by atoms with E-state index in [0.29, 0.717) is 5.56 Å². The summed E-state index contributed by atoms with van der Waals surface area (Å²) in [7, 11) is 1.42. The number of carbonyl (C=O) groups excluding carboxylic acids is 1. The molecule has 106 valence electrons. The molecule has 0 aliphatic carbocycles. The summed E-state index contributed by atoms with van der Waals surface area (Å²) in [6.07, 6.45) is 1.24. The highest BCUT2D eigenvalue weighted by molar-refractivity contribution is 5.93. The van der Waals surface area contributed by atoms with Gasteiger partial charge in [0, 0.05) is 25.4 Å². The smallest absolute Gasteiger partial charge is 0.258 e. The van der Waals surface area contributed by atoms with Crippen LogP contribution in [0.15, 0.2) is 36.5 Å². The maximum Gasteiger partial charge on any atom is 0.258 e. The molecule has 0 radical (unpaired) electrons. The second-order valence-electron chi connectivity index (χ2n) is 4.42. The quantitative estimate of drug-likeness (QED) is 0.815. The first-order chi connectivity index (χ1) is 10.0. The Hall–Kier alpha value is -2.81. The molecule has 6 heteroatoms. The van der Waals surface area contributed by atoms with Gasteiger partial charge in [0.05, 0.1) is 17.2 Å². The molecular weight excluding hydrogens is 276 g/mol. The lowest BCUT2D eigenvalue weighted by atomic mass is 10.1. The van der Waals surface area contributed by atoms with Crippen LogP contribution in [0.4, 0.5) is 8.78 Å². The highest BCUT2D eigenvalue weighted by Crippen LogP contribution is 2.14. The molecule has 0 aliphatic rings. The molecular formula is C15H11F2N3O. The highest BCUT2D eigenvalue weighted by atomic mass is 19.1. The third kappa shape index (κ3) is 3.20. The number of nitriles is 1. The number of amides is 1. The van der Waals surface area contributed by atoms with Gasteiger partial charge in [-0.25, -0.2) is 9.37 Å². The summed E-state index contributed by atoms with van der Waals surface area (Å²) in [6, 6.07) is 8.52. The molecule has 0 bridgehead atoms. The van der Waals surface area contributed by atoms with E-state index in [1.807, 2.05) is 6.07 Å². The Balaban J connectivity index is 2.22. The van der Waals surface area contributed by atoms with Crippen LogP contribution in [-0.4, -0.2) is 22.8 Å². The topological polar surface area (TPSA) is 57.0 Å². The fourth-order valence-corrected chi connectivity index (χ4v) is 1.84. The Labute approximate surface area is 120 Å². The number of aromatic nitrogens is 1. The summed E-state index contributed by atoms with van der Waals surface area (Å²) in [5.41, 5.74) is 0.297. The minimum Gasteiger partial charge on any atom is -0.337 e. The zero-order valence-corrected chi connectivity index (χ0v) is 11.2. The number of hydrogen-bond acceptors (Lipinski definition) is 3. The minimum absolute atomic E-state index is 0.0749. The molecule has 0 saturated heterocycles. The molecule has 4 nitrogen and oxygen atoms in total. The van der Waals surface area contributed by atoms with Crippen LogP contribution in [0.2, 0.25) is 0 Å². The lowest BCUT2D eigenvalue weighted by Crippen LogP contribution is -2.27. The molecule has 0 saturated carbocycles. The van der Waals surface area contributed by atoms with Gasteiger partial charge in [-0.2, -0.15) is 9.65 Å². The van der Waals surface area contributed by atoms with Gasteiger partial charge in [-0.1, -0.05) is 0 Å². The Kier molecular flexibility index (Phi) is 4.24. The van der Waals surface area contributed by atoms with Gasteiger partial charge < -0.3 is 4.90 Å². The van der Waals surface area contributed by atoms with Gasteiger partial charge in [0.1, 0.15) is 5.82 Å². The van der Waals surface area contributed by atoms with Crippen molar-refractivity contribution in [3.63, 3.8) is 0 Å². The highest BCUT2D eigenvalue weighted by Gasteiger charge is 2.18. The van der Waals surface area contributed by atoms with E-state index in [1.165, 1.54) is 42.4 Å². The van der Waals surface area contributed by atoms with Gasteiger partial charge in [-0.15, -0.1) is 0 Å². The molecule has 0 atom stereocenters. The van der Waals surface area contributed by atoms with E-state index < -0.39 is 17.7 Å². The van der Waals surface area contributed by atoms with E-state index in [9.17, 15) is 13.6 Å². The maximum atomic E-state index is 13.7. The number of rotatable bonds is 3. The van der Waals surface area contributed by atoms with Crippen molar-refractivity contribution in [1.82, 2.24) is 9.88 Å². The van der Waals surface area contributed by atoms with E-state index in [1.54, 1.807) is 0 Å². The SMILES string of the molecule is CN(Cc1cc(C#N)ccc1F)C(=O)c1cccnc1F. The zero-order chi connectivity index (χ0) is 15.4. The van der Waals surface area contributed by atoms with Gasteiger partial charge in [0.15, 0.2) is 0 Å². The van der Waals surface area contributed by atoms with Gasteiger partial charge >= 0.3 is 0 Å². The van der Waals surface area contributed by atoms with Gasteiger partial charge in [-0.3, -0.25) is 4.79 Å². The van der Waals surface area contributed by atoms with E-state index >= 15 is 0 Å². The van der Waals surface area contributed by atoms with E-state index in [2.05, 4.69) is 4.98 Å². The van der Waals surface area contributed by atoms with Crippen LogP contribution in [0.1, 0.15) is 21.5 Å². The van der Waals surface area contributed by atoms with E-state index in [4.69, 9.17) is 5.26 Å². The van der Waals surface area contributed by atoms with Crippen LogP contribution >= 0.6 is 0 Å². The first-order valence-electron chi connectivity index (χ1n) is 6.07. The van der Waals surface area contributed by atoms with Crippen LogP contribution in [0.5, 0.6) is 0 Å². The second kappa shape index (κ2) is 6.09. The van der Waals surface area contributed by atoms with Crippen molar-refractivity contribution >= 4 is 5.91 Å². The van der Waals surface area contributed by atoms with Gasteiger partial charge in [-0.05, 0) is 30.3 Å². The number of hydrogen-bond donors (Lipinski definition) is 0. The lowest BCUT2D eigenvalue weighted by Gasteiger charge is -2.18. The normalized spacial score (nSPS) is 10.0. The van der Waals surface area contributed by atoms with Gasteiger partial charge in [0.2, 0.25) is 5.95 Å². The summed E-state index contributed by atoms with van der Waals surface area (Å²) in [5.74, 6) is -2.01. The average molecular weight is 287 g/mol. The molecule has 0 aliphatic heterocycles. The molecule has 0 fully saturated rings. The predicted octanol–water partition coefficient (Wildman–Crippen LogP) is 2.50. The molecule has 1 heterocycles. The Morgan fingerprint density at radius 3 is 2.81 bits per heavy atom. The molecule has 1 aromatic heterocycles. The minimum atomic E-state index is -0.874. The van der Waals surface area contributed by atoms with Gasteiger partial charge in [0.25, 0.3) is 5.91 Å². The molecule has 21 heavy (non-hydrogen) atoms. The summed E-state index contributed by atoms with van der Waals surface area (Å²) < 4.78 is 27.1. The fraction of sp³-hybridized carbons (Fsp3) is 0.133. The zero-order valence-electron chi connectivity index (χ0n) is 11.2. The van der Waals surface area contributed by atoms with Crippen LogP contribution in [0.25, 0.3) is 0 Å². The van der Waals surface area contributed by atoms with Crippen molar-refractivity contribution in [2.75, 3.05) is 7.05 Å². The van der Waals surface area contributed by atoms with Crippen molar-refractivity contribution in [1.29, 1.82) is 5.26 Å². The van der Waals surface area contributed by atoms with Crippen LogP contribution in [0.3, 0.4) is 0 Å². The summed E-state index contributed by atoms with van der Waals surface area (Å²) in [6.45, 7) is -0.0749. The Bertz CT molecular complexity index is 725. The Morgan fingerprint density at radius 2 is 2.14 bits per heavy atom. The summed E-state index contributed by atoms with van der Waals surface area (Å²) in [5, 5.41) is 8.80. The number of carbonyl (C=O) groups is 1. The molecule has 0 N–H and O–H groups in total. The first-order valence-corrected chi connectivity index (χ1v) is 6.07. The van der Waals surface area contributed by atoms with Crippen LogP contribution in [0, 0.1) is 23.1 Å². The first kappa shape index (κ1) is 14.6. The fourth-order valence-electron chi connectivity index (χ4n) is 1.84. The third-order valence-corrected chi connectivity index (χ3v) is 2.92. The lowest BCUT2D eigenvalue weighted by molar-refractivity contribution is 0.0778. The van der Waals surface area contributed by atoms with Crippen LogP contribution in [-0.2, 0) is 6.54 Å². The number of pyridine rings is 1. The number of nitrogens with zero attached hydrogens (tertiary/aromatic N) is 3. The predicted molar refractivity (Wildman–Crippen MR) is 71.1 cm³/mol. The largest absolute Gasteiger partial charge is 0.337 e. The standard InChI is InChI=1S/C15H11F2N3O/c1-20(15(21)12-3-2-6-19-14(12)17)9-11-7-10(8-18)4-5-13(11)16/h2-7H,9H2,1H3. The molecule has 0 spiro atoms. The third-order valence-electron chi connectivity index (χ3n) is 2.92. The number of benzene rings is 1. The van der Waals surface area contributed by atoms with E-state index in [0.717, 1.165) is 6.07 Å². The second-order valence-corrected chi connectivity index (χ2v) is 4.42. The Morgan fingerprint density at radius 1 is 1.38 bits per heavy atom. The van der Waals surface area contributed by atoms with E-state index in [-0.39, 0.29) is 17.7 Å². The molecule has 2 aromatic rings. The summed E-state index contributed by atoms with van der Waals surface area (Å²) in [4.78, 5) is 16.7. The van der Waals surface area contributed by atoms with Crippen molar-refractivity contribution in [2.45, 2.75) is 6.54 Å².